The van der Waals surface area contributed by atoms with Crippen LogP contribution in [-0.2, 0) is 25.9 Å². The van der Waals surface area contributed by atoms with Crippen LogP contribution in [0.2, 0.25) is 0 Å². The molecule has 2 amide bonds. The van der Waals surface area contributed by atoms with Gasteiger partial charge < -0.3 is 14.5 Å². The van der Waals surface area contributed by atoms with Gasteiger partial charge in [-0.2, -0.15) is 0 Å². The molecule has 1 atom stereocenters. The van der Waals surface area contributed by atoms with E-state index in [1.165, 1.54) is 35.2 Å². The zero-order valence-corrected chi connectivity index (χ0v) is 23.7. The Morgan fingerprint density at radius 1 is 1.00 bits per heavy atom. The van der Waals surface area contributed by atoms with Gasteiger partial charge in [-0.25, -0.2) is 8.42 Å². The molecule has 8 nitrogen and oxygen atoms in total. The molecule has 3 aromatic carbocycles. The molecular formula is C31H32N2O6S. The van der Waals surface area contributed by atoms with E-state index in [0.717, 1.165) is 16.7 Å². The Kier molecular flexibility index (Phi) is 7.51. The molecule has 2 heterocycles. The zero-order chi connectivity index (χ0) is 28.6. The SMILES string of the molecule is CCOC(=O)[C@H]1CCCN(C(=O)c2ccc3c(c2)N(Cc2cc(C)ccc2C)C(=O)c2ccccc2S3(=O)=O)C1. The fourth-order valence-corrected chi connectivity index (χ4v) is 7.07. The maximum Gasteiger partial charge on any atom is 0.310 e. The van der Waals surface area contributed by atoms with Crippen LogP contribution in [0.3, 0.4) is 0 Å². The zero-order valence-electron chi connectivity index (χ0n) is 22.8. The first-order chi connectivity index (χ1) is 19.1. The largest absolute Gasteiger partial charge is 0.466 e. The number of benzene rings is 3. The molecule has 40 heavy (non-hydrogen) atoms. The lowest BCUT2D eigenvalue weighted by Crippen LogP contribution is -2.43. The fraction of sp³-hybridized carbons (Fsp3) is 0.323. The summed E-state index contributed by atoms with van der Waals surface area (Å²) in [5.74, 6) is -1.51. The highest BCUT2D eigenvalue weighted by Crippen LogP contribution is 2.39. The third-order valence-electron chi connectivity index (χ3n) is 7.60. The molecule has 0 aromatic heterocycles. The van der Waals surface area contributed by atoms with Crippen LogP contribution in [-0.4, -0.2) is 50.8 Å². The van der Waals surface area contributed by atoms with E-state index in [1.807, 2.05) is 32.0 Å². The van der Waals surface area contributed by atoms with Crippen molar-refractivity contribution in [3.05, 3.63) is 88.5 Å². The minimum atomic E-state index is -4.06. The third-order valence-corrected chi connectivity index (χ3v) is 9.46. The van der Waals surface area contributed by atoms with Crippen molar-refractivity contribution >= 4 is 33.3 Å². The van der Waals surface area contributed by atoms with Gasteiger partial charge in [-0.3, -0.25) is 14.4 Å². The Morgan fingerprint density at radius 2 is 1.77 bits per heavy atom. The van der Waals surface area contributed by atoms with Crippen molar-refractivity contribution in [2.45, 2.75) is 49.9 Å². The van der Waals surface area contributed by atoms with Crippen LogP contribution in [0.25, 0.3) is 0 Å². The summed E-state index contributed by atoms with van der Waals surface area (Å²) in [5.41, 5.74) is 3.36. The van der Waals surface area contributed by atoms with E-state index in [1.54, 1.807) is 24.0 Å². The average molecular weight is 561 g/mol. The molecule has 9 heteroatoms. The number of rotatable bonds is 5. The summed E-state index contributed by atoms with van der Waals surface area (Å²) in [6.45, 7) is 6.75. The van der Waals surface area contributed by atoms with Crippen LogP contribution in [0, 0.1) is 19.8 Å². The Labute approximate surface area is 234 Å². The summed E-state index contributed by atoms with van der Waals surface area (Å²) in [4.78, 5) is 42.9. The summed E-state index contributed by atoms with van der Waals surface area (Å²) < 4.78 is 32.8. The maximum absolute atomic E-state index is 14.0. The predicted molar refractivity (Wildman–Crippen MR) is 150 cm³/mol. The van der Waals surface area contributed by atoms with Crippen molar-refractivity contribution < 1.29 is 27.5 Å². The number of fused-ring (bicyclic) bond motifs is 2. The van der Waals surface area contributed by atoms with Crippen LogP contribution in [0.5, 0.6) is 0 Å². The smallest absolute Gasteiger partial charge is 0.310 e. The maximum atomic E-state index is 14.0. The predicted octanol–water partition coefficient (Wildman–Crippen LogP) is 4.71. The van der Waals surface area contributed by atoms with Crippen molar-refractivity contribution in [3.63, 3.8) is 0 Å². The fourth-order valence-electron chi connectivity index (χ4n) is 5.43. The molecule has 208 valence electrons. The van der Waals surface area contributed by atoms with Gasteiger partial charge in [0.2, 0.25) is 9.84 Å². The first-order valence-corrected chi connectivity index (χ1v) is 14.9. The first-order valence-electron chi connectivity index (χ1n) is 13.4. The van der Waals surface area contributed by atoms with Gasteiger partial charge in [0, 0.05) is 18.7 Å². The lowest BCUT2D eigenvalue weighted by Gasteiger charge is -2.32. The van der Waals surface area contributed by atoms with Crippen LogP contribution in [0.4, 0.5) is 5.69 Å². The molecular weight excluding hydrogens is 528 g/mol. The van der Waals surface area contributed by atoms with Gasteiger partial charge in [-0.1, -0.05) is 35.9 Å². The molecule has 1 saturated heterocycles. The number of nitrogens with zero attached hydrogens (tertiary/aromatic N) is 2. The van der Waals surface area contributed by atoms with E-state index >= 15 is 0 Å². The average Bonchev–Trinajstić information content (AvgIpc) is 3.02. The number of aryl methyl sites for hydroxylation is 2. The molecule has 0 aliphatic carbocycles. The van der Waals surface area contributed by atoms with Gasteiger partial charge in [-0.05, 0) is 75.1 Å². The molecule has 0 N–H and O–H groups in total. The molecule has 0 saturated carbocycles. The number of hydrogen-bond donors (Lipinski definition) is 0. The van der Waals surface area contributed by atoms with Crippen LogP contribution in [0.15, 0.2) is 70.5 Å². The molecule has 0 bridgehead atoms. The van der Waals surface area contributed by atoms with Gasteiger partial charge in [0.15, 0.2) is 0 Å². The number of likely N-dealkylation sites (tertiary alicyclic amines) is 1. The van der Waals surface area contributed by atoms with E-state index < -0.39 is 21.7 Å². The number of ether oxygens (including phenoxy) is 1. The molecule has 2 aliphatic heterocycles. The van der Waals surface area contributed by atoms with Gasteiger partial charge in [-0.15, -0.1) is 0 Å². The second kappa shape index (κ2) is 10.9. The summed E-state index contributed by atoms with van der Waals surface area (Å²) in [7, 11) is -4.06. The highest BCUT2D eigenvalue weighted by molar-refractivity contribution is 7.91. The molecule has 5 rings (SSSR count). The minimum absolute atomic E-state index is 0.0318. The van der Waals surface area contributed by atoms with E-state index in [4.69, 9.17) is 4.74 Å². The number of anilines is 1. The van der Waals surface area contributed by atoms with Crippen LogP contribution < -0.4 is 4.90 Å². The quantitative estimate of drug-likeness (QED) is 0.419. The van der Waals surface area contributed by atoms with Crippen LogP contribution in [0.1, 0.15) is 57.2 Å². The van der Waals surface area contributed by atoms with Gasteiger partial charge >= 0.3 is 5.97 Å². The Balaban J connectivity index is 1.60. The van der Waals surface area contributed by atoms with Gasteiger partial charge in [0.25, 0.3) is 11.8 Å². The summed E-state index contributed by atoms with van der Waals surface area (Å²) in [6.07, 6.45) is 1.29. The Morgan fingerprint density at radius 3 is 2.55 bits per heavy atom. The number of esters is 1. The summed E-state index contributed by atoms with van der Waals surface area (Å²) >= 11 is 0. The summed E-state index contributed by atoms with van der Waals surface area (Å²) in [6, 6.07) is 16.5. The molecule has 0 unspecified atom stereocenters. The topological polar surface area (TPSA) is 101 Å². The second-order valence-corrected chi connectivity index (χ2v) is 12.2. The third kappa shape index (κ3) is 5.01. The lowest BCUT2D eigenvalue weighted by molar-refractivity contribution is -0.149. The summed E-state index contributed by atoms with van der Waals surface area (Å²) in [5, 5.41) is 0. The van der Waals surface area contributed by atoms with Crippen molar-refractivity contribution in [3.8, 4) is 0 Å². The van der Waals surface area contributed by atoms with Crippen LogP contribution >= 0.6 is 0 Å². The van der Waals surface area contributed by atoms with Gasteiger partial charge in [0.05, 0.1) is 40.1 Å². The number of piperidine rings is 1. The minimum Gasteiger partial charge on any atom is -0.466 e. The number of amides is 2. The number of sulfone groups is 1. The first kappa shape index (κ1) is 27.6. The van der Waals surface area contributed by atoms with E-state index in [9.17, 15) is 22.8 Å². The Hall–Kier alpha value is -3.98. The van der Waals surface area contributed by atoms with E-state index in [-0.39, 0.29) is 58.2 Å². The normalized spacial score (nSPS) is 18.0. The molecule has 3 aromatic rings. The number of hydrogen-bond acceptors (Lipinski definition) is 6. The van der Waals surface area contributed by atoms with Crippen molar-refractivity contribution in [1.82, 2.24) is 4.90 Å². The number of carbonyl (C=O) groups excluding carboxylic acids is 3. The monoisotopic (exact) mass is 560 g/mol. The van der Waals surface area contributed by atoms with Crippen molar-refractivity contribution in [2.24, 2.45) is 5.92 Å². The van der Waals surface area contributed by atoms with E-state index in [2.05, 4.69) is 0 Å². The highest BCUT2D eigenvalue weighted by atomic mass is 32.2. The second-order valence-electron chi connectivity index (χ2n) is 10.3. The Bertz CT molecular complexity index is 1610. The van der Waals surface area contributed by atoms with Crippen molar-refractivity contribution in [1.29, 1.82) is 0 Å². The van der Waals surface area contributed by atoms with E-state index in [0.29, 0.717) is 19.4 Å². The highest BCUT2D eigenvalue weighted by Gasteiger charge is 2.37. The molecule has 0 spiro atoms. The van der Waals surface area contributed by atoms with Gasteiger partial charge in [0.1, 0.15) is 0 Å². The standard InChI is InChI=1S/C31H32N2O6S/c1-4-39-31(36)23-8-7-15-32(18-23)29(34)22-13-14-28-26(17-22)33(19-24-16-20(2)11-12-21(24)3)30(35)25-9-5-6-10-27(25)40(28,37)38/h5-6,9-14,16-17,23H,4,7-8,15,18-19H2,1-3H3/t23-/m0/s1. The van der Waals surface area contributed by atoms with Crippen molar-refractivity contribution in [2.75, 3.05) is 24.6 Å². The molecule has 2 aliphatic rings. The molecule has 0 radical (unpaired) electrons. The lowest BCUT2D eigenvalue weighted by atomic mass is 9.97. The number of carbonyl (C=O) groups is 3. The molecule has 1 fully saturated rings.